The third kappa shape index (κ3) is 2.87. The number of aliphatic hydroxyl groups excluding tert-OH is 1. The maximum Gasteiger partial charge on any atom is 0.261 e. The van der Waals surface area contributed by atoms with E-state index in [1.807, 2.05) is 11.9 Å². The molecule has 0 spiro atoms. The van der Waals surface area contributed by atoms with Crippen molar-refractivity contribution in [2.75, 3.05) is 33.2 Å². The van der Waals surface area contributed by atoms with Gasteiger partial charge in [0.25, 0.3) is 11.8 Å². The summed E-state index contributed by atoms with van der Waals surface area (Å²) < 4.78 is 0. The lowest BCUT2D eigenvalue weighted by molar-refractivity contribution is 0.0494. The summed E-state index contributed by atoms with van der Waals surface area (Å²) in [6.07, 6.45) is -0.784. The monoisotopic (exact) mass is 277 g/mol. The van der Waals surface area contributed by atoms with Crippen LogP contribution in [0, 0.1) is 0 Å². The molecular formula is C14H19N3O3. The fraction of sp³-hybridized carbons (Fsp3) is 0.429. The fourth-order valence-corrected chi connectivity index (χ4v) is 2.34. The molecule has 0 radical (unpaired) electrons. The summed E-state index contributed by atoms with van der Waals surface area (Å²) in [6.45, 7) is 1.52. The van der Waals surface area contributed by atoms with Crippen LogP contribution in [0.4, 0.5) is 0 Å². The van der Waals surface area contributed by atoms with Crippen LogP contribution < -0.4 is 5.73 Å². The second-order valence-corrected chi connectivity index (χ2v) is 4.97. The van der Waals surface area contributed by atoms with Gasteiger partial charge in [0.2, 0.25) is 0 Å². The van der Waals surface area contributed by atoms with Crippen LogP contribution in [0.3, 0.4) is 0 Å². The number of likely N-dealkylation sites (N-methyl/N-ethyl adjacent to an activating group) is 1. The van der Waals surface area contributed by atoms with Gasteiger partial charge in [0.15, 0.2) is 0 Å². The van der Waals surface area contributed by atoms with Crippen molar-refractivity contribution in [1.82, 2.24) is 9.80 Å². The van der Waals surface area contributed by atoms with Gasteiger partial charge in [-0.15, -0.1) is 0 Å². The van der Waals surface area contributed by atoms with Crippen LogP contribution in [0.2, 0.25) is 0 Å². The normalized spacial score (nSPS) is 15.9. The molecule has 1 aliphatic heterocycles. The van der Waals surface area contributed by atoms with E-state index in [9.17, 15) is 14.7 Å². The largest absolute Gasteiger partial charge is 0.390 e. The Kier molecular flexibility index (Phi) is 4.49. The SMILES string of the molecule is CN(CCN)CC(O)CN1C(=O)c2ccccc2C1=O. The van der Waals surface area contributed by atoms with Crippen molar-refractivity contribution in [2.24, 2.45) is 5.73 Å². The van der Waals surface area contributed by atoms with Gasteiger partial charge in [0.1, 0.15) is 0 Å². The van der Waals surface area contributed by atoms with Crippen LogP contribution in [0.5, 0.6) is 0 Å². The molecule has 6 nitrogen and oxygen atoms in total. The molecule has 1 aliphatic rings. The third-order valence-corrected chi connectivity index (χ3v) is 3.30. The van der Waals surface area contributed by atoms with Gasteiger partial charge in [-0.05, 0) is 19.2 Å². The molecule has 1 unspecified atom stereocenters. The number of nitrogens with two attached hydrogens (primary N) is 1. The summed E-state index contributed by atoms with van der Waals surface area (Å²) in [4.78, 5) is 27.2. The van der Waals surface area contributed by atoms with Crippen molar-refractivity contribution < 1.29 is 14.7 Å². The number of β-amino-alcohol motifs (C(OH)–C–C–N with tert-alkyl or cyclic N) is 1. The average Bonchev–Trinajstić information content (AvgIpc) is 2.65. The Hall–Kier alpha value is -1.76. The van der Waals surface area contributed by atoms with Gasteiger partial charge >= 0.3 is 0 Å². The highest BCUT2D eigenvalue weighted by Crippen LogP contribution is 2.22. The summed E-state index contributed by atoms with van der Waals surface area (Å²) in [5, 5.41) is 9.99. The van der Waals surface area contributed by atoms with Crippen LogP contribution in [-0.2, 0) is 0 Å². The second kappa shape index (κ2) is 6.13. The first kappa shape index (κ1) is 14.6. The molecule has 3 N–H and O–H groups in total. The van der Waals surface area contributed by atoms with Gasteiger partial charge in [0, 0.05) is 19.6 Å². The standard InChI is InChI=1S/C14H19N3O3/c1-16(7-6-15)8-10(18)9-17-13(19)11-4-2-3-5-12(11)14(17)20/h2-5,10,18H,6-9,15H2,1H3. The topological polar surface area (TPSA) is 86.9 Å². The Labute approximate surface area is 117 Å². The number of benzene rings is 1. The molecule has 0 bridgehead atoms. The molecule has 1 aromatic carbocycles. The zero-order valence-electron chi connectivity index (χ0n) is 11.5. The number of rotatable bonds is 6. The van der Waals surface area contributed by atoms with Crippen molar-refractivity contribution in [3.05, 3.63) is 35.4 Å². The summed E-state index contributed by atoms with van der Waals surface area (Å²) in [6, 6.07) is 6.70. The molecule has 2 rings (SSSR count). The number of nitrogens with zero attached hydrogens (tertiary/aromatic N) is 2. The minimum atomic E-state index is -0.784. The average molecular weight is 277 g/mol. The van der Waals surface area contributed by atoms with Crippen molar-refractivity contribution in [3.8, 4) is 0 Å². The highest BCUT2D eigenvalue weighted by atomic mass is 16.3. The minimum Gasteiger partial charge on any atom is -0.390 e. The van der Waals surface area contributed by atoms with Gasteiger partial charge in [-0.2, -0.15) is 0 Å². The van der Waals surface area contributed by atoms with E-state index in [0.717, 1.165) is 4.90 Å². The third-order valence-electron chi connectivity index (χ3n) is 3.30. The van der Waals surface area contributed by atoms with E-state index in [1.165, 1.54) is 0 Å². The zero-order chi connectivity index (χ0) is 14.7. The van der Waals surface area contributed by atoms with Crippen LogP contribution in [0.15, 0.2) is 24.3 Å². The zero-order valence-corrected chi connectivity index (χ0v) is 11.5. The highest BCUT2D eigenvalue weighted by molar-refractivity contribution is 6.21. The van der Waals surface area contributed by atoms with Crippen molar-refractivity contribution in [1.29, 1.82) is 0 Å². The van der Waals surface area contributed by atoms with E-state index in [1.54, 1.807) is 24.3 Å². The maximum absolute atomic E-state index is 12.1. The Morgan fingerprint density at radius 2 is 1.80 bits per heavy atom. The van der Waals surface area contributed by atoms with E-state index < -0.39 is 6.10 Å². The fourth-order valence-electron chi connectivity index (χ4n) is 2.34. The van der Waals surface area contributed by atoms with Gasteiger partial charge in [-0.1, -0.05) is 12.1 Å². The molecule has 2 amide bonds. The Morgan fingerprint density at radius 3 is 2.30 bits per heavy atom. The predicted octanol–water partition coefficient (Wildman–Crippen LogP) is -0.466. The number of hydrogen-bond acceptors (Lipinski definition) is 5. The molecule has 0 aliphatic carbocycles. The molecule has 6 heteroatoms. The number of aliphatic hydroxyl groups is 1. The first-order valence-corrected chi connectivity index (χ1v) is 6.56. The molecule has 1 aromatic rings. The van der Waals surface area contributed by atoms with Crippen molar-refractivity contribution >= 4 is 11.8 Å². The van der Waals surface area contributed by atoms with Crippen LogP contribution in [0.25, 0.3) is 0 Å². The molecule has 1 atom stereocenters. The van der Waals surface area contributed by atoms with Crippen molar-refractivity contribution in [3.63, 3.8) is 0 Å². The van der Waals surface area contributed by atoms with E-state index in [-0.39, 0.29) is 18.4 Å². The van der Waals surface area contributed by atoms with Gasteiger partial charge in [-0.3, -0.25) is 14.5 Å². The first-order valence-electron chi connectivity index (χ1n) is 6.56. The second-order valence-electron chi connectivity index (χ2n) is 4.97. The molecule has 0 aromatic heterocycles. The maximum atomic E-state index is 12.1. The number of imide groups is 1. The quantitative estimate of drug-likeness (QED) is 0.687. The van der Waals surface area contributed by atoms with Gasteiger partial charge < -0.3 is 15.7 Å². The Morgan fingerprint density at radius 1 is 1.25 bits per heavy atom. The summed E-state index contributed by atoms with van der Waals surface area (Å²) in [5.41, 5.74) is 6.23. The minimum absolute atomic E-state index is 0.00125. The van der Waals surface area contributed by atoms with E-state index >= 15 is 0 Å². The molecule has 108 valence electrons. The number of hydrogen-bond donors (Lipinski definition) is 2. The lowest BCUT2D eigenvalue weighted by atomic mass is 10.1. The lowest BCUT2D eigenvalue weighted by Crippen LogP contribution is -2.42. The van der Waals surface area contributed by atoms with Gasteiger partial charge in [-0.25, -0.2) is 0 Å². The van der Waals surface area contributed by atoms with E-state index in [2.05, 4.69) is 0 Å². The van der Waals surface area contributed by atoms with Crippen LogP contribution in [0.1, 0.15) is 20.7 Å². The first-order chi connectivity index (χ1) is 9.54. The molecule has 0 saturated carbocycles. The summed E-state index contributed by atoms with van der Waals surface area (Å²) in [5.74, 6) is -0.683. The van der Waals surface area contributed by atoms with Crippen molar-refractivity contribution in [2.45, 2.75) is 6.10 Å². The summed E-state index contributed by atoms with van der Waals surface area (Å²) in [7, 11) is 1.83. The van der Waals surface area contributed by atoms with Crippen LogP contribution in [-0.4, -0.2) is 66.1 Å². The Bertz CT molecular complexity index is 483. The lowest BCUT2D eigenvalue weighted by Gasteiger charge is -2.23. The predicted molar refractivity (Wildman–Crippen MR) is 74.4 cm³/mol. The Balaban J connectivity index is 2.02. The highest BCUT2D eigenvalue weighted by Gasteiger charge is 2.36. The smallest absolute Gasteiger partial charge is 0.261 e. The molecule has 20 heavy (non-hydrogen) atoms. The molecule has 0 fully saturated rings. The van der Waals surface area contributed by atoms with E-state index in [4.69, 9.17) is 5.73 Å². The molecule has 0 saturated heterocycles. The van der Waals surface area contributed by atoms with E-state index in [0.29, 0.717) is 30.8 Å². The number of carbonyl (C=O) groups excluding carboxylic acids is 2. The number of carbonyl (C=O) groups is 2. The molecule has 1 heterocycles. The number of amides is 2. The summed E-state index contributed by atoms with van der Waals surface area (Å²) >= 11 is 0. The van der Waals surface area contributed by atoms with Crippen LogP contribution >= 0.6 is 0 Å². The molecular weight excluding hydrogens is 258 g/mol. The number of fused-ring (bicyclic) bond motifs is 1. The van der Waals surface area contributed by atoms with Gasteiger partial charge in [0.05, 0.1) is 23.8 Å².